The topological polar surface area (TPSA) is 52.6 Å². The van der Waals surface area contributed by atoms with Crippen LogP contribution in [0.25, 0.3) is 0 Å². The Labute approximate surface area is 127 Å². The van der Waals surface area contributed by atoms with Gasteiger partial charge in [-0.3, -0.25) is 9.36 Å². The van der Waals surface area contributed by atoms with Gasteiger partial charge in [-0.15, -0.1) is 0 Å². The molecule has 0 aliphatic rings. The van der Waals surface area contributed by atoms with Crippen LogP contribution in [0.15, 0.2) is 30.3 Å². The van der Waals surface area contributed by atoms with E-state index < -0.39 is 24.5 Å². The smallest absolute Gasteiger partial charge is 0.316 e. The Bertz CT molecular complexity index is 523. The second-order valence-electron chi connectivity index (χ2n) is 6.96. The molecule has 0 aliphatic heterocycles. The molecule has 21 heavy (non-hydrogen) atoms. The van der Waals surface area contributed by atoms with Crippen molar-refractivity contribution < 1.29 is 18.6 Å². The molecule has 118 valence electrons. The van der Waals surface area contributed by atoms with Crippen molar-refractivity contribution in [2.24, 2.45) is 0 Å². The normalized spacial score (nSPS) is 15.3. The van der Waals surface area contributed by atoms with Crippen LogP contribution in [0, 0.1) is 0 Å². The number of ether oxygens (including phenoxy) is 1. The lowest BCUT2D eigenvalue weighted by atomic mass is 10.2. The van der Waals surface area contributed by atoms with Gasteiger partial charge in [0.15, 0.2) is 0 Å². The van der Waals surface area contributed by atoms with Crippen molar-refractivity contribution in [3.8, 4) is 0 Å². The molecule has 0 aromatic heterocycles. The maximum absolute atomic E-state index is 13.2. The van der Waals surface area contributed by atoms with Crippen molar-refractivity contribution >= 4 is 18.6 Å². The maximum Gasteiger partial charge on any atom is 0.316 e. The van der Waals surface area contributed by atoms with E-state index in [2.05, 4.69) is 0 Å². The Hall–Kier alpha value is -1.12. The first-order valence-electron chi connectivity index (χ1n) is 6.99. The zero-order valence-electron chi connectivity index (χ0n) is 13.7. The number of carbonyl (C=O) groups excluding carboxylic acids is 1. The second kappa shape index (κ2) is 6.33. The van der Waals surface area contributed by atoms with Crippen molar-refractivity contribution in [3.63, 3.8) is 0 Å². The molecule has 4 nitrogen and oxygen atoms in total. The summed E-state index contributed by atoms with van der Waals surface area (Å²) in [6.45, 7) is 10.8. The van der Waals surface area contributed by atoms with E-state index in [9.17, 15) is 9.36 Å². The van der Waals surface area contributed by atoms with Gasteiger partial charge in [0.05, 0.1) is 5.60 Å². The predicted molar refractivity (Wildman–Crippen MR) is 85.2 cm³/mol. The highest BCUT2D eigenvalue weighted by molar-refractivity contribution is 7.67. The summed E-state index contributed by atoms with van der Waals surface area (Å²) in [6, 6.07) is 8.83. The number of benzene rings is 1. The van der Waals surface area contributed by atoms with E-state index in [1.165, 1.54) is 0 Å². The number of rotatable bonds is 4. The highest BCUT2D eigenvalue weighted by Gasteiger charge is 2.35. The number of esters is 1. The van der Waals surface area contributed by atoms with E-state index in [0.29, 0.717) is 5.30 Å². The molecular formula is C16H25O4P. The van der Waals surface area contributed by atoms with Crippen LogP contribution in [0.2, 0.25) is 0 Å². The number of hydrogen-bond acceptors (Lipinski definition) is 4. The Kier molecular flexibility index (Phi) is 5.40. The van der Waals surface area contributed by atoms with Crippen LogP contribution in [-0.2, 0) is 18.6 Å². The quantitative estimate of drug-likeness (QED) is 0.627. The zero-order valence-corrected chi connectivity index (χ0v) is 14.6. The van der Waals surface area contributed by atoms with Gasteiger partial charge in [-0.25, -0.2) is 0 Å². The minimum atomic E-state index is -3.31. The summed E-state index contributed by atoms with van der Waals surface area (Å²) in [4.78, 5) is 12.1. The summed E-state index contributed by atoms with van der Waals surface area (Å²) in [5.74, 6) is -0.515. The van der Waals surface area contributed by atoms with E-state index in [1.807, 2.05) is 26.8 Å². The molecule has 1 unspecified atom stereocenters. The average Bonchev–Trinajstić information content (AvgIpc) is 2.24. The lowest BCUT2D eigenvalue weighted by Gasteiger charge is -2.28. The SMILES string of the molecule is CC(C)(C)OC(=O)CP(=O)(OC(C)(C)C)c1ccccc1. The van der Waals surface area contributed by atoms with Gasteiger partial charge in [0.1, 0.15) is 11.8 Å². The molecule has 0 aliphatic carbocycles. The Balaban J connectivity index is 3.04. The van der Waals surface area contributed by atoms with Crippen molar-refractivity contribution in [2.45, 2.75) is 52.7 Å². The molecule has 0 radical (unpaired) electrons. The molecule has 1 aromatic rings. The van der Waals surface area contributed by atoms with Gasteiger partial charge in [-0.2, -0.15) is 0 Å². The van der Waals surface area contributed by atoms with Crippen LogP contribution in [0.5, 0.6) is 0 Å². The Morgan fingerprint density at radius 3 is 1.95 bits per heavy atom. The monoisotopic (exact) mass is 312 g/mol. The summed E-state index contributed by atoms with van der Waals surface area (Å²) in [6.07, 6.45) is -0.258. The predicted octanol–water partition coefficient (Wildman–Crippen LogP) is 3.75. The largest absolute Gasteiger partial charge is 0.460 e. The number of carbonyl (C=O) groups is 1. The fraction of sp³-hybridized carbons (Fsp3) is 0.562. The molecule has 1 aromatic carbocycles. The van der Waals surface area contributed by atoms with E-state index in [0.717, 1.165) is 0 Å². The fourth-order valence-electron chi connectivity index (χ4n) is 1.82. The standard InChI is InChI=1S/C16H25O4P/c1-15(2,3)19-14(17)12-21(18,20-16(4,5)6)13-10-8-7-9-11-13/h7-11H,12H2,1-6H3. The van der Waals surface area contributed by atoms with Gasteiger partial charge in [0.25, 0.3) is 0 Å². The first-order chi connectivity index (χ1) is 9.41. The van der Waals surface area contributed by atoms with E-state index in [4.69, 9.17) is 9.26 Å². The summed E-state index contributed by atoms with van der Waals surface area (Å²) in [5.41, 5.74) is -1.23. The molecule has 0 bridgehead atoms. The highest BCUT2D eigenvalue weighted by atomic mass is 31.2. The van der Waals surface area contributed by atoms with E-state index >= 15 is 0 Å². The molecule has 0 saturated carbocycles. The number of hydrogen-bond donors (Lipinski definition) is 0. The minimum absolute atomic E-state index is 0.258. The third-order valence-corrected chi connectivity index (χ3v) is 4.93. The molecule has 0 N–H and O–H groups in total. The molecule has 0 heterocycles. The molecule has 0 amide bonds. The van der Waals surface area contributed by atoms with Crippen molar-refractivity contribution in [1.82, 2.24) is 0 Å². The Morgan fingerprint density at radius 1 is 1.00 bits per heavy atom. The minimum Gasteiger partial charge on any atom is -0.460 e. The molecule has 1 atom stereocenters. The van der Waals surface area contributed by atoms with Gasteiger partial charge in [-0.05, 0) is 53.7 Å². The third kappa shape index (κ3) is 6.45. The fourth-order valence-corrected chi connectivity index (χ4v) is 4.09. The average molecular weight is 312 g/mol. The van der Waals surface area contributed by atoms with Gasteiger partial charge in [0, 0.05) is 5.30 Å². The summed E-state index contributed by atoms with van der Waals surface area (Å²) >= 11 is 0. The summed E-state index contributed by atoms with van der Waals surface area (Å²) in [7, 11) is -3.31. The van der Waals surface area contributed by atoms with Crippen LogP contribution in [0.1, 0.15) is 41.5 Å². The van der Waals surface area contributed by atoms with Gasteiger partial charge >= 0.3 is 5.97 Å². The lowest BCUT2D eigenvalue weighted by molar-refractivity contribution is -0.151. The van der Waals surface area contributed by atoms with Crippen LogP contribution < -0.4 is 5.30 Å². The van der Waals surface area contributed by atoms with Gasteiger partial charge < -0.3 is 9.26 Å². The van der Waals surface area contributed by atoms with Crippen LogP contribution >= 0.6 is 7.37 Å². The van der Waals surface area contributed by atoms with Crippen molar-refractivity contribution in [3.05, 3.63) is 30.3 Å². The zero-order chi connectivity index (χ0) is 16.3. The third-order valence-electron chi connectivity index (χ3n) is 2.33. The van der Waals surface area contributed by atoms with Crippen LogP contribution in [0.4, 0.5) is 0 Å². The highest BCUT2D eigenvalue weighted by Crippen LogP contribution is 2.49. The first-order valence-corrected chi connectivity index (χ1v) is 8.80. The summed E-state index contributed by atoms with van der Waals surface area (Å²) in [5, 5.41) is 0.533. The molecule has 1 rings (SSSR count). The van der Waals surface area contributed by atoms with Crippen molar-refractivity contribution in [2.75, 3.05) is 6.16 Å². The van der Waals surface area contributed by atoms with Gasteiger partial charge in [-0.1, -0.05) is 18.2 Å². The van der Waals surface area contributed by atoms with Crippen LogP contribution in [0.3, 0.4) is 0 Å². The molecule has 0 saturated heterocycles. The molecule has 0 spiro atoms. The van der Waals surface area contributed by atoms with E-state index in [1.54, 1.807) is 45.0 Å². The van der Waals surface area contributed by atoms with Crippen molar-refractivity contribution in [1.29, 1.82) is 0 Å². The summed E-state index contributed by atoms with van der Waals surface area (Å²) < 4.78 is 24.2. The van der Waals surface area contributed by atoms with Crippen LogP contribution in [-0.4, -0.2) is 23.3 Å². The van der Waals surface area contributed by atoms with Gasteiger partial charge in [0.2, 0.25) is 7.37 Å². The van der Waals surface area contributed by atoms with E-state index in [-0.39, 0.29) is 6.16 Å². The second-order valence-corrected chi connectivity index (χ2v) is 9.32. The molecular weight excluding hydrogens is 287 g/mol. The lowest BCUT2D eigenvalue weighted by Crippen LogP contribution is -2.29. The molecule has 5 heteroatoms. The maximum atomic E-state index is 13.2. The first kappa shape index (κ1) is 17.9. The Morgan fingerprint density at radius 2 is 1.52 bits per heavy atom. The molecule has 0 fully saturated rings.